The fourth-order valence-corrected chi connectivity index (χ4v) is 2.11. The van der Waals surface area contributed by atoms with Gasteiger partial charge in [-0.15, -0.1) is 0 Å². The summed E-state index contributed by atoms with van der Waals surface area (Å²) in [6, 6.07) is 0.289. The van der Waals surface area contributed by atoms with Crippen LogP contribution in [0.25, 0.3) is 0 Å². The third-order valence-electron chi connectivity index (χ3n) is 3.10. The highest BCUT2D eigenvalue weighted by Crippen LogP contribution is 2.28. The van der Waals surface area contributed by atoms with Crippen LogP contribution in [0.1, 0.15) is 13.3 Å². The quantitative estimate of drug-likeness (QED) is 0.867. The number of aliphatic hydroxyl groups excluding tert-OH is 1. The van der Waals surface area contributed by atoms with Crippen molar-refractivity contribution in [3.63, 3.8) is 0 Å². The second kappa shape index (κ2) is 5.06. The van der Waals surface area contributed by atoms with Crippen molar-refractivity contribution < 1.29 is 9.84 Å². The summed E-state index contributed by atoms with van der Waals surface area (Å²) in [6.45, 7) is 3.42. The maximum Gasteiger partial charge on any atom is 0.318 e. The summed E-state index contributed by atoms with van der Waals surface area (Å²) >= 11 is 6.07. The molecule has 1 aliphatic heterocycles. The minimum Gasteiger partial charge on any atom is -0.467 e. The van der Waals surface area contributed by atoms with E-state index in [4.69, 9.17) is 16.3 Å². The topological polar surface area (TPSA) is 58.5 Å². The van der Waals surface area contributed by atoms with E-state index in [-0.39, 0.29) is 12.1 Å². The van der Waals surface area contributed by atoms with Gasteiger partial charge in [-0.25, -0.2) is 4.98 Å². The molecule has 1 N–H and O–H groups in total. The summed E-state index contributed by atoms with van der Waals surface area (Å²) < 4.78 is 4.98. The first-order chi connectivity index (χ1) is 8.11. The Balaban J connectivity index is 2.21. The van der Waals surface area contributed by atoms with Crippen molar-refractivity contribution >= 4 is 17.4 Å². The highest BCUT2D eigenvalue weighted by Gasteiger charge is 2.26. The Morgan fingerprint density at radius 1 is 1.59 bits per heavy atom. The zero-order valence-electron chi connectivity index (χ0n) is 9.93. The maximum atomic E-state index is 9.87. The van der Waals surface area contributed by atoms with Crippen LogP contribution in [0, 0.1) is 5.92 Å². The molecule has 0 amide bonds. The first kappa shape index (κ1) is 12.4. The van der Waals surface area contributed by atoms with E-state index < -0.39 is 0 Å². The first-order valence-corrected chi connectivity index (χ1v) is 5.99. The molecule has 0 spiro atoms. The molecule has 2 rings (SSSR count). The van der Waals surface area contributed by atoms with Gasteiger partial charge in [0.25, 0.3) is 0 Å². The molecule has 1 saturated heterocycles. The molecule has 0 saturated carbocycles. The van der Waals surface area contributed by atoms with Gasteiger partial charge in [0.05, 0.1) is 19.4 Å². The molecular weight excluding hydrogens is 242 g/mol. The number of aromatic nitrogens is 2. The van der Waals surface area contributed by atoms with E-state index >= 15 is 0 Å². The van der Waals surface area contributed by atoms with Crippen LogP contribution in [0.3, 0.4) is 0 Å². The molecule has 94 valence electrons. The lowest BCUT2D eigenvalue weighted by Crippen LogP contribution is -2.43. The molecule has 2 atom stereocenters. The number of nitrogens with zero attached hydrogens (tertiary/aromatic N) is 3. The number of rotatable bonds is 2. The fourth-order valence-electron chi connectivity index (χ4n) is 1.90. The Morgan fingerprint density at radius 3 is 3.00 bits per heavy atom. The normalized spacial score (nSPS) is 24.8. The number of anilines is 1. The average molecular weight is 258 g/mol. The Morgan fingerprint density at radius 2 is 2.35 bits per heavy atom. The lowest BCUT2D eigenvalue weighted by Gasteiger charge is -2.35. The molecular formula is C11H16ClN3O2. The number of β-amino-alcohol motifs (C(OH)–C–C–N with tert-alkyl or cyclic N) is 1. The lowest BCUT2D eigenvalue weighted by atomic mass is 9.96. The van der Waals surface area contributed by atoms with E-state index in [0.717, 1.165) is 13.0 Å². The van der Waals surface area contributed by atoms with Crippen LogP contribution in [-0.2, 0) is 0 Å². The van der Waals surface area contributed by atoms with Crippen molar-refractivity contribution in [3.8, 4) is 6.01 Å². The molecule has 5 nitrogen and oxygen atoms in total. The average Bonchev–Trinajstić information content (AvgIpc) is 2.33. The van der Waals surface area contributed by atoms with Gasteiger partial charge in [-0.05, 0) is 12.3 Å². The molecule has 1 fully saturated rings. The summed E-state index contributed by atoms with van der Waals surface area (Å²) in [7, 11) is 1.51. The van der Waals surface area contributed by atoms with Gasteiger partial charge in [-0.2, -0.15) is 4.98 Å². The molecule has 17 heavy (non-hydrogen) atoms. The van der Waals surface area contributed by atoms with Crippen LogP contribution in [0.15, 0.2) is 6.20 Å². The van der Waals surface area contributed by atoms with Gasteiger partial charge in [0, 0.05) is 13.1 Å². The Hall–Kier alpha value is -1.07. The van der Waals surface area contributed by atoms with Crippen LogP contribution in [-0.4, -0.2) is 41.4 Å². The smallest absolute Gasteiger partial charge is 0.318 e. The zero-order valence-corrected chi connectivity index (χ0v) is 10.7. The monoisotopic (exact) mass is 257 g/mol. The fraction of sp³-hybridized carbons (Fsp3) is 0.636. The number of hydrogen-bond donors (Lipinski definition) is 1. The SMILES string of the molecule is COc1ncc(Cl)c(N2CCC(C)C(O)C2)n1. The van der Waals surface area contributed by atoms with Gasteiger partial charge in [-0.1, -0.05) is 18.5 Å². The summed E-state index contributed by atoms with van der Waals surface area (Å²) in [6.07, 6.45) is 2.09. The molecule has 0 bridgehead atoms. The largest absolute Gasteiger partial charge is 0.467 e. The van der Waals surface area contributed by atoms with E-state index in [1.807, 2.05) is 11.8 Å². The molecule has 6 heteroatoms. The summed E-state index contributed by atoms with van der Waals surface area (Å²) in [5, 5.41) is 10.3. The predicted molar refractivity (Wildman–Crippen MR) is 65.6 cm³/mol. The summed E-state index contributed by atoms with van der Waals surface area (Å²) in [5.74, 6) is 0.943. The van der Waals surface area contributed by atoms with Crippen molar-refractivity contribution in [2.45, 2.75) is 19.4 Å². The van der Waals surface area contributed by atoms with Crippen molar-refractivity contribution in [1.82, 2.24) is 9.97 Å². The van der Waals surface area contributed by atoms with E-state index in [9.17, 15) is 5.11 Å². The maximum absolute atomic E-state index is 9.87. The molecule has 0 aliphatic carbocycles. The minimum absolute atomic E-state index is 0.289. The number of methoxy groups -OCH3 is 1. The van der Waals surface area contributed by atoms with E-state index in [1.54, 1.807) is 0 Å². The van der Waals surface area contributed by atoms with Crippen LogP contribution < -0.4 is 9.64 Å². The molecule has 0 radical (unpaired) electrons. The van der Waals surface area contributed by atoms with Crippen molar-refractivity contribution in [2.75, 3.05) is 25.1 Å². The number of ether oxygens (including phenoxy) is 1. The van der Waals surface area contributed by atoms with Crippen LogP contribution in [0.4, 0.5) is 5.82 Å². The third kappa shape index (κ3) is 2.61. The van der Waals surface area contributed by atoms with Gasteiger partial charge >= 0.3 is 6.01 Å². The predicted octanol–water partition coefficient (Wildman–Crippen LogP) is 1.35. The van der Waals surface area contributed by atoms with Gasteiger partial charge in [0.15, 0.2) is 5.82 Å². The number of hydrogen-bond acceptors (Lipinski definition) is 5. The van der Waals surface area contributed by atoms with Gasteiger partial charge < -0.3 is 14.7 Å². The van der Waals surface area contributed by atoms with Gasteiger partial charge in [-0.3, -0.25) is 0 Å². The Kier molecular flexibility index (Phi) is 3.69. The van der Waals surface area contributed by atoms with Crippen molar-refractivity contribution in [3.05, 3.63) is 11.2 Å². The summed E-state index contributed by atoms with van der Waals surface area (Å²) in [5.41, 5.74) is 0. The zero-order chi connectivity index (χ0) is 12.4. The molecule has 0 aromatic carbocycles. The highest BCUT2D eigenvalue weighted by molar-refractivity contribution is 6.32. The van der Waals surface area contributed by atoms with E-state index in [1.165, 1.54) is 13.3 Å². The van der Waals surface area contributed by atoms with Crippen molar-refractivity contribution in [1.29, 1.82) is 0 Å². The van der Waals surface area contributed by atoms with Gasteiger partial charge in [0.1, 0.15) is 5.02 Å². The number of piperidine rings is 1. The Labute approximate surface area is 105 Å². The highest BCUT2D eigenvalue weighted by atomic mass is 35.5. The number of aliphatic hydroxyl groups is 1. The van der Waals surface area contributed by atoms with E-state index in [2.05, 4.69) is 9.97 Å². The molecule has 1 aromatic heterocycles. The van der Waals surface area contributed by atoms with Crippen LogP contribution in [0.2, 0.25) is 5.02 Å². The molecule has 2 heterocycles. The summed E-state index contributed by atoms with van der Waals surface area (Å²) in [4.78, 5) is 10.1. The minimum atomic E-state index is -0.347. The lowest BCUT2D eigenvalue weighted by molar-refractivity contribution is 0.102. The van der Waals surface area contributed by atoms with Crippen LogP contribution in [0.5, 0.6) is 6.01 Å². The van der Waals surface area contributed by atoms with Gasteiger partial charge in [0.2, 0.25) is 0 Å². The molecule has 2 unspecified atom stereocenters. The second-order valence-electron chi connectivity index (χ2n) is 4.31. The molecule has 1 aromatic rings. The molecule has 1 aliphatic rings. The van der Waals surface area contributed by atoms with E-state index in [0.29, 0.717) is 23.3 Å². The number of halogens is 1. The Bertz CT molecular complexity index is 402. The standard InChI is InChI=1S/C11H16ClN3O2/c1-7-3-4-15(6-9(7)16)10-8(12)5-13-11(14-10)17-2/h5,7,9,16H,3-4,6H2,1-2H3. The third-order valence-corrected chi connectivity index (χ3v) is 3.37. The second-order valence-corrected chi connectivity index (χ2v) is 4.71. The van der Waals surface area contributed by atoms with Crippen molar-refractivity contribution in [2.24, 2.45) is 5.92 Å². The first-order valence-electron chi connectivity index (χ1n) is 5.61. The van der Waals surface area contributed by atoms with Crippen LogP contribution >= 0.6 is 11.6 Å².